The molecule has 7 nitrogen and oxygen atoms in total. The molecule has 3 aromatic carbocycles. The molecule has 0 saturated carbocycles. The molecule has 2 N–H and O–H groups in total. The molecule has 0 spiro atoms. The number of benzene rings is 3. The molecule has 0 fully saturated rings. The van der Waals surface area contributed by atoms with Gasteiger partial charge in [0.25, 0.3) is 0 Å². The number of fused-ring (bicyclic) bond motifs is 1. The fraction of sp³-hybridized carbons (Fsp3) is 0.300. The van der Waals surface area contributed by atoms with Crippen LogP contribution in [0.1, 0.15) is 23.6 Å². The molecule has 9 heteroatoms. The molecule has 4 aromatic rings. The highest BCUT2D eigenvalue weighted by Gasteiger charge is 2.22. The third kappa shape index (κ3) is 8.61. The van der Waals surface area contributed by atoms with Crippen molar-refractivity contribution in [2.75, 3.05) is 25.6 Å². The van der Waals surface area contributed by atoms with Crippen LogP contribution in [-0.4, -0.2) is 53.5 Å². The zero-order valence-corrected chi connectivity index (χ0v) is 23.8. The summed E-state index contributed by atoms with van der Waals surface area (Å²) in [5.74, 6) is 1.22. The van der Waals surface area contributed by atoms with Crippen molar-refractivity contribution in [1.29, 1.82) is 0 Å². The molecule has 0 saturated heterocycles. The fourth-order valence-corrected chi connectivity index (χ4v) is 5.84. The van der Waals surface area contributed by atoms with E-state index in [0.717, 1.165) is 32.4 Å². The third-order valence-corrected chi connectivity index (χ3v) is 8.16. The van der Waals surface area contributed by atoms with E-state index in [1.165, 1.54) is 11.1 Å². The van der Waals surface area contributed by atoms with E-state index in [9.17, 15) is 9.59 Å². The molecule has 1 atom stereocenters. The second-order valence-corrected chi connectivity index (χ2v) is 11.0. The van der Waals surface area contributed by atoms with Crippen LogP contribution in [0.25, 0.3) is 11.0 Å². The molecule has 0 aliphatic rings. The first kappa shape index (κ1) is 28.7. The number of amides is 1. The molecule has 204 valence electrons. The molecule has 0 bridgehead atoms. The highest BCUT2D eigenvalue weighted by molar-refractivity contribution is 7.99. The summed E-state index contributed by atoms with van der Waals surface area (Å²) in [6.45, 7) is 4.56. The first-order valence-electron chi connectivity index (χ1n) is 12.9. The second kappa shape index (κ2) is 14.8. The topological polar surface area (TPSA) is 93.3 Å². The molecular weight excluding hydrogens is 530 g/mol. The number of H-pyrrole nitrogens is 1. The molecule has 0 aliphatic carbocycles. The Morgan fingerprint density at radius 2 is 1.79 bits per heavy atom. The maximum absolute atomic E-state index is 12.6. The number of thioether (sulfide) groups is 2. The Morgan fingerprint density at radius 1 is 1.00 bits per heavy atom. The Kier molecular flexibility index (Phi) is 10.9. The van der Waals surface area contributed by atoms with Gasteiger partial charge in [-0.05, 0) is 55.2 Å². The number of ketones is 1. The standard InChI is InChI=1S/C30H33N3O4S2/c1-3-36-19-27(34)26(18-22-10-5-4-6-11-22)33-30(35)37-16-17-38-28-15-9-12-23(21(28)2)20-39-29-31-24-13-7-8-14-25(24)32-29/h4-15,26H,3,16-20H2,1-2H3,(H,31,32)(H,33,35). The maximum Gasteiger partial charge on any atom is 0.407 e. The van der Waals surface area contributed by atoms with Crippen LogP contribution in [0.5, 0.6) is 0 Å². The third-order valence-electron chi connectivity index (χ3n) is 6.11. The van der Waals surface area contributed by atoms with E-state index < -0.39 is 12.1 Å². The quantitative estimate of drug-likeness (QED) is 0.139. The molecule has 1 unspecified atom stereocenters. The predicted molar refractivity (Wildman–Crippen MR) is 157 cm³/mol. The van der Waals surface area contributed by atoms with Crippen molar-refractivity contribution in [3.05, 3.63) is 89.5 Å². The van der Waals surface area contributed by atoms with Crippen molar-refractivity contribution in [2.45, 2.75) is 42.1 Å². The normalized spacial score (nSPS) is 11.8. The molecule has 0 radical (unpaired) electrons. The van der Waals surface area contributed by atoms with Gasteiger partial charge in [-0.3, -0.25) is 4.79 Å². The number of alkyl carbamates (subject to hydrolysis) is 1. The first-order chi connectivity index (χ1) is 19.0. The number of para-hydroxylation sites is 2. The van der Waals surface area contributed by atoms with Gasteiger partial charge in [-0.25, -0.2) is 9.78 Å². The SMILES string of the molecule is CCOCC(=O)C(Cc1ccccc1)NC(=O)OCCSc1cccc(CSc2nc3ccccc3[nH]2)c1C. The summed E-state index contributed by atoms with van der Waals surface area (Å²) in [6.07, 6.45) is -0.219. The zero-order valence-electron chi connectivity index (χ0n) is 22.1. The fourth-order valence-electron chi connectivity index (χ4n) is 3.98. The number of hydrogen-bond acceptors (Lipinski definition) is 7. The van der Waals surface area contributed by atoms with Crippen LogP contribution in [0.15, 0.2) is 82.8 Å². The van der Waals surface area contributed by atoms with Gasteiger partial charge < -0.3 is 19.8 Å². The van der Waals surface area contributed by atoms with Gasteiger partial charge in [-0.1, -0.05) is 66.4 Å². The number of carbonyl (C=O) groups is 2. The van der Waals surface area contributed by atoms with Crippen LogP contribution in [0.2, 0.25) is 0 Å². The number of aromatic nitrogens is 2. The Balaban J connectivity index is 1.25. The highest BCUT2D eigenvalue weighted by Crippen LogP contribution is 2.29. The van der Waals surface area contributed by atoms with Gasteiger partial charge in [0.1, 0.15) is 13.2 Å². The van der Waals surface area contributed by atoms with Gasteiger partial charge in [0, 0.05) is 23.0 Å². The average Bonchev–Trinajstić information content (AvgIpc) is 3.37. The smallest absolute Gasteiger partial charge is 0.407 e. The number of nitrogens with zero attached hydrogens (tertiary/aromatic N) is 1. The summed E-state index contributed by atoms with van der Waals surface area (Å²) >= 11 is 3.32. The van der Waals surface area contributed by atoms with Crippen molar-refractivity contribution in [1.82, 2.24) is 15.3 Å². The largest absolute Gasteiger partial charge is 0.449 e. The van der Waals surface area contributed by atoms with Crippen LogP contribution in [0, 0.1) is 6.92 Å². The van der Waals surface area contributed by atoms with Crippen LogP contribution in [0.4, 0.5) is 4.79 Å². The Labute approximate surface area is 237 Å². The number of Topliss-reactive ketones (excluding diaryl/α,β-unsaturated/α-hetero) is 1. The van der Waals surface area contributed by atoms with E-state index in [4.69, 9.17) is 9.47 Å². The van der Waals surface area contributed by atoms with Crippen LogP contribution in [-0.2, 0) is 26.4 Å². The Hall–Kier alpha value is -3.27. The monoisotopic (exact) mass is 563 g/mol. The molecule has 4 rings (SSSR count). The molecule has 0 aliphatic heterocycles. The zero-order chi connectivity index (χ0) is 27.5. The molecular formula is C30H33N3O4S2. The number of hydrogen-bond donors (Lipinski definition) is 2. The van der Waals surface area contributed by atoms with E-state index in [-0.39, 0.29) is 19.0 Å². The summed E-state index contributed by atoms with van der Waals surface area (Å²) < 4.78 is 10.7. The van der Waals surface area contributed by atoms with Gasteiger partial charge in [-0.15, -0.1) is 11.8 Å². The minimum Gasteiger partial charge on any atom is -0.449 e. The lowest BCUT2D eigenvalue weighted by atomic mass is 10.0. The number of rotatable bonds is 14. The Morgan fingerprint density at radius 3 is 2.59 bits per heavy atom. The summed E-state index contributed by atoms with van der Waals surface area (Å²) in [5, 5.41) is 3.62. The van der Waals surface area contributed by atoms with Crippen LogP contribution >= 0.6 is 23.5 Å². The van der Waals surface area contributed by atoms with Crippen molar-refractivity contribution < 1.29 is 19.1 Å². The predicted octanol–water partition coefficient (Wildman–Crippen LogP) is 6.20. The summed E-state index contributed by atoms with van der Waals surface area (Å²) in [5.41, 5.74) is 5.41. The van der Waals surface area contributed by atoms with Crippen LogP contribution < -0.4 is 5.32 Å². The number of carbonyl (C=O) groups excluding carboxylic acids is 2. The number of nitrogens with one attached hydrogen (secondary N) is 2. The molecule has 1 amide bonds. The van der Waals surface area contributed by atoms with Crippen molar-refractivity contribution in [3.8, 4) is 0 Å². The maximum atomic E-state index is 12.6. The molecule has 1 aromatic heterocycles. The van der Waals surface area contributed by atoms with Gasteiger partial charge in [0.15, 0.2) is 10.9 Å². The van der Waals surface area contributed by atoms with Crippen LogP contribution in [0.3, 0.4) is 0 Å². The van der Waals surface area contributed by atoms with Crippen molar-refractivity contribution >= 4 is 46.4 Å². The minimum absolute atomic E-state index is 0.0472. The lowest BCUT2D eigenvalue weighted by molar-refractivity contribution is -0.125. The average molecular weight is 564 g/mol. The van der Waals surface area contributed by atoms with E-state index in [2.05, 4.69) is 40.4 Å². The second-order valence-electron chi connectivity index (χ2n) is 8.86. The number of aromatic amines is 1. The van der Waals surface area contributed by atoms with Gasteiger partial charge in [0.2, 0.25) is 0 Å². The lowest BCUT2D eigenvalue weighted by Crippen LogP contribution is -2.44. The van der Waals surface area contributed by atoms with Gasteiger partial charge in [-0.2, -0.15) is 0 Å². The minimum atomic E-state index is -0.706. The number of imidazole rings is 1. The van der Waals surface area contributed by atoms with Crippen molar-refractivity contribution in [3.63, 3.8) is 0 Å². The summed E-state index contributed by atoms with van der Waals surface area (Å²) in [4.78, 5) is 34.3. The van der Waals surface area contributed by atoms with E-state index in [1.54, 1.807) is 23.5 Å². The van der Waals surface area contributed by atoms with Gasteiger partial charge >= 0.3 is 6.09 Å². The molecule has 39 heavy (non-hydrogen) atoms. The first-order valence-corrected chi connectivity index (χ1v) is 14.9. The highest BCUT2D eigenvalue weighted by atomic mass is 32.2. The lowest BCUT2D eigenvalue weighted by Gasteiger charge is -2.18. The Bertz CT molecular complexity index is 1340. The van der Waals surface area contributed by atoms with E-state index in [1.807, 2.05) is 61.5 Å². The van der Waals surface area contributed by atoms with Gasteiger partial charge in [0.05, 0.1) is 17.1 Å². The van der Waals surface area contributed by atoms with E-state index >= 15 is 0 Å². The van der Waals surface area contributed by atoms with Crippen molar-refractivity contribution in [2.24, 2.45) is 0 Å². The summed E-state index contributed by atoms with van der Waals surface area (Å²) in [6, 6.07) is 23.2. The number of ether oxygens (including phenoxy) is 2. The van der Waals surface area contributed by atoms with E-state index in [0.29, 0.717) is 18.8 Å². The molecule has 1 heterocycles. The summed E-state index contributed by atoms with van der Waals surface area (Å²) in [7, 11) is 0.